The topological polar surface area (TPSA) is 88.5 Å². The molecule has 0 saturated carbocycles. The van der Waals surface area contributed by atoms with Crippen LogP contribution in [0.3, 0.4) is 0 Å². The highest BCUT2D eigenvalue weighted by atomic mass is 35.5. The van der Waals surface area contributed by atoms with Gasteiger partial charge in [0, 0.05) is 6.20 Å². The second kappa shape index (κ2) is 5.22. The van der Waals surface area contributed by atoms with Crippen molar-refractivity contribution < 1.29 is 19.4 Å². The van der Waals surface area contributed by atoms with Crippen LogP contribution in [0.15, 0.2) is 12.3 Å². The average Bonchev–Trinajstić information content (AvgIpc) is 2.17. The summed E-state index contributed by atoms with van der Waals surface area (Å²) in [6.07, 6.45) is 0.390. The molecular formula is C11H13ClN2O4. The molecule has 0 atom stereocenters. The van der Waals surface area contributed by atoms with Crippen LogP contribution < -0.4 is 5.32 Å². The van der Waals surface area contributed by atoms with Crippen molar-refractivity contribution in [2.45, 2.75) is 26.4 Å². The lowest BCUT2D eigenvalue weighted by Gasteiger charge is -2.19. The molecule has 7 heteroatoms. The minimum atomic E-state index is -1.15. The molecule has 1 heterocycles. The first kappa shape index (κ1) is 14.2. The lowest BCUT2D eigenvalue weighted by atomic mass is 10.2. The molecule has 18 heavy (non-hydrogen) atoms. The molecule has 0 bridgehead atoms. The van der Waals surface area contributed by atoms with Crippen molar-refractivity contribution in [3.05, 3.63) is 22.8 Å². The molecule has 1 aromatic rings. The summed E-state index contributed by atoms with van der Waals surface area (Å²) in [6.45, 7) is 5.15. The molecule has 0 aromatic carbocycles. The molecule has 98 valence electrons. The number of carboxylic acid groups (broad SMARTS) is 1. The molecule has 2 N–H and O–H groups in total. The molecule has 6 nitrogen and oxygen atoms in total. The quantitative estimate of drug-likeness (QED) is 0.864. The molecule has 0 unspecified atom stereocenters. The van der Waals surface area contributed by atoms with Gasteiger partial charge in [0.05, 0.1) is 10.6 Å². The molecule has 1 aromatic heterocycles. The third-order valence-electron chi connectivity index (χ3n) is 1.71. The second-order valence-electron chi connectivity index (χ2n) is 4.49. The number of hydrogen-bond donors (Lipinski definition) is 2. The SMILES string of the molecule is CC(C)(C)OC(=O)Nc1ncc(C(=O)O)cc1Cl. The van der Waals surface area contributed by atoms with E-state index < -0.39 is 17.7 Å². The van der Waals surface area contributed by atoms with E-state index in [4.69, 9.17) is 21.4 Å². The maximum absolute atomic E-state index is 11.5. The fourth-order valence-electron chi connectivity index (χ4n) is 1.05. The molecule has 1 rings (SSSR count). The predicted octanol–water partition coefficient (Wildman–Crippen LogP) is 2.78. The molecule has 1 amide bonds. The maximum Gasteiger partial charge on any atom is 0.413 e. The van der Waals surface area contributed by atoms with Crippen molar-refractivity contribution >= 4 is 29.5 Å². The summed E-state index contributed by atoms with van der Waals surface area (Å²) in [5.74, 6) is -1.09. The highest BCUT2D eigenvalue weighted by molar-refractivity contribution is 6.33. The van der Waals surface area contributed by atoms with Gasteiger partial charge in [-0.05, 0) is 26.8 Å². The van der Waals surface area contributed by atoms with Crippen LogP contribution in [0, 0.1) is 0 Å². The number of nitrogens with one attached hydrogen (secondary N) is 1. The molecule has 0 radical (unpaired) electrons. The van der Waals surface area contributed by atoms with Gasteiger partial charge in [-0.25, -0.2) is 14.6 Å². The normalized spacial score (nSPS) is 10.9. The van der Waals surface area contributed by atoms with Crippen molar-refractivity contribution in [3.8, 4) is 0 Å². The number of carboxylic acids is 1. The minimum Gasteiger partial charge on any atom is -0.478 e. The zero-order valence-electron chi connectivity index (χ0n) is 10.2. The van der Waals surface area contributed by atoms with Crippen LogP contribution >= 0.6 is 11.6 Å². The Kier molecular flexibility index (Phi) is 4.13. The Morgan fingerprint density at radius 3 is 2.50 bits per heavy atom. The first-order valence-corrected chi connectivity index (χ1v) is 5.45. The van der Waals surface area contributed by atoms with Crippen molar-refractivity contribution in [1.29, 1.82) is 0 Å². The van der Waals surface area contributed by atoms with E-state index in [9.17, 15) is 9.59 Å². The van der Waals surface area contributed by atoms with Gasteiger partial charge in [-0.1, -0.05) is 11.6 Å². The maximum atomic E-state index is 11.5. The zero-order valence-corrected chi connectivity index (χ0v) is 10.9. The molecule has 0 fully saturated rings. The number of carbonyl (C=O) groups is 2. The molecular weight excluding hydrogens is 260 g/mol. The smallest absolute Gasteiger partial charge is 0.413 e. The van der Waals surface area contributed by atoms with Gasteiger partial charge < -0.3 is 9.84 Å². The number of carbonyl (C=O) groups excluding carboxylic acids is 1. The van der Waals surface area contributed by atoms with Crippen molar-refractivity contribution in [1.82, 2.24) is 4.98 Å². The summed E-state index contributed by atoms with van der Waals surface area (Å²) in [4.78, 5) is 25.9. The van der Waals surface area contributed by atoms with Gasteiger partial charge in [0.25, 0.3) is 0 Å². The zero-order chi connectivity index (χ0) is 13.9. The van der Waals surface area contributed by atoms with E-state index in [-0.39, 0.29) is 16.4 Å². The summed E-state index contributed by atoms with van der Waals surface area (Å²) < 4.78 is 5.01. The van der Waals surface area contributed by atoms with E-state index in [0.717, 1.165) is 6.20 Å². The monoisotopic (exact) mass is 272 g/mol. The fraction of sp³-hybridized carbons (Fsp3) is 0.364. The van der Waals surface area contributed by atoms with Gasteiger partial charge in [-0.15, -0.1) is 0 Å². The first-order valence-electron chi connectivity index (χ1n) is 5.08. The van der Waals surface area contributed by atoms with Crippen LogP contribution in [0.2, 0.25) is 5.02 Å². The van der Waals surface area contributed by atoms with Gasteiger partial charge in [0.1, 0.15) is 5.60 Å². The number of aromatic carboxylic acids is 1. The molecule has 0 aliphatic heterocycles. The summed E-state index contributed by atoms with van der Waals surface area (Å²) in [6, 6.07) is 1.20. The van der Waals surface area contributed by atoms with Gasteiger partial charge in [0.2, 0.25) is 0 Å². The lowest BCUT2D eigenvalue weighted by Crippen LogP contribution is -2.27. The molecule has 0 aliphatic carbocycles. The highest BCUT2D eigenvalue weighted by Gasteiger charge is 2.18. The molecule has 0 aliphatic rings. The second-order valence-corrected chi connectivity index (χ2v) is 4.89. The predicted molar refractivity (Wildman–Crippen MR) is 66.1 cm³/mol. The van der Waals surface area contributed by atoms with Gasteiger partial charge in [-0.2, -0.15) is 0 Å². The third kappa shape index (κ3) is 4.21. The summed E-state index contributed by atoms with van der Waals surface area (Å²) in [7, 11) is 0. The third-order valence-corrected chi connectivity index (χ3v) is 2.00. The summed E-state index contributed by atoms with van der Waals surface area (Å²) >= 11 is 5.79. The molecule has 0 saturated heterocycles. The van der Waals surface area contributed by atoms with E-state index in [1.54, 1.807) is 20.8 Å². The number of rotatable bonds is 2. The first-order chi connectivity index (χ1) is 8.19. The van der Waals surface area contributed by atoms with Crippen LogP contribution in [-0.4, -0.2) is 27.8 Å². The van der Waals surface area contributed by atoms with Crippen LogP contribution in [-0.2, 0) is 4.74 Å². The minimum absolute atomic E-state index is 0.0285. The number of amides is 1. The van der Waals surface area contributed by atoms with Crippen LogP contribution in [0.1, 0.15) is 31.1 Å². The van der Waals surface area contributed by atoms with Gasteiger partial charge in [-0.3, -0.25) is 5.32 Å². The Balaban J connectivity index is 2.80. The van der Waals surface area contributed by atoms with Gasteiger partial charge in [0.15, 0.2) is 5.82 Å². The van der Waals surface area contributed by atoms with E-state index in [1.807, 2.05) is 0 Å². The molecule has 0 spiro atoms. The summed E-state index contributed by atoms with van der Waals surface area (Å²) in [5, 5.41) is 11.1. The van der Waals surface area contributed by atoms with Crippen molar-refractivity contribution in [2.24, 2.45) is 0 Å². The van der Waals surface area contributed by atoms with E-state index >= 15 is 0 Å². The Hall–Kier alpha value is -1.82. The average molecular weight is 273 g/mol. The standard InChI is InChI=1S/C11H13ClN2O4/c1-11(2,3)18-10(17)14-8-7(12)4-6(5-13-8)9(15)16/h4-5H,1-3H3,(H,15,16)(H,13,14,17). The number of anilines is 1. The van der Waals surface area contributed by atoms with E-state index in [2.05, 4.69) is 10.3 Å². The van der Waals surface area contributed by atoms with Crippen LogP contribution in [0.4, 0.5) is 10.6 Å². The number of ether oxygens (including phenoxy) is 1. The number of aromatic nitrogens is 1. The number of nitrogens with zero attached hydrogens (tertiary/aromatic N) is 1. The van der Waals surface area contributed by atoms with Gasteiger partial charge >= 0.3 is 12.1 Å². The van der Waals surface area contributed by atoms with E-state index in [0.29, 0.717) is 0 Å². The van der Waals surface area contributed by atoms with Crippen LogP contribution in [0.25, 0.3) is 0 Å². The van der Waals surface area contributed by atoms with Crippen molar-refractivity contribution in [2.75, 3.05) is 5.32 Å². The number of hydrogen-bond acceptors (Lipinski definition) is 4. The summed E-state index contributed by atoms with van der Waals surface area (Å²) in [5.41, 5.74) is -0.702. The van der Waals surface area contributed by atoms with E-state index in [1.165, 1.54) is 6.07 Å². The fourth-order valence-corrected chi connectivity index (χ4v) is 1.26. The largest absolute Gasteiger partial charge is 0.478 e. The van der Waals surface area contributed by atoms with Crippen LogP contribution in [0.5, 0.6) is 0 Å². The number of pyridine rings is 1. The Morgan fingerprint density at radius 1 is 1.44 bits per heavy atom. The number of halogens is 1. The highest BCUT2D eigenvalue weighted by Crippen LogP contribution is 2.21. The lowest BCUT2D eigenvalue weighted by molar-refractivity contribution is 0.0634. The Labute approximate surface area is 109 Å². The Morgan fingerprint density at radius 2 is 2.06 bits per heavy atom. The van der Waals surface area contributed by atoms with Crippen molar-refractivity contribution in [3.63, 3.8) is 0 Å². The Bertz CT molecular complexity index is 482.